The average molecular weight is 263 g/mol. The lowest BCUT2D eigenvalue weighted by Gasteiger charge is -2.14. The Hall–Kier alpha value is -0.760. The number of benzene rings is 1. The highest BCUT2D eigenvalue weighted by atomic mass is 32.2. The van der Waals surface area contributed by atoms with Crippen molar-refractivity contribution in [3.63, 3.8) is 0 Å². The molecule has 0 aliphatic heterocycles. The van der Waals surface area contributed by atoms with Gasteiger partial charge >= 0.3 is 0 Å². The maximum atomic E-state index is 11.8. The topological polar surface area (TPSA) is 83.5 Å². The molecule has 16 heavy (non-hydrogen) atoms. The van der Waals surface area contributed by atoms with Crippen molar-refractivity contribution in [2.75, 3.05) is 0 Å². The summed E-state index contributed by atoms with van der Waals surface area (Å²) in [6.07, 6.45) is 0. The van der Waals surface area contributed by atoms with E-state index in [1.165, 1.54) is 19.1 Å². The van der Waals surface area contributed by atoms with Crippen LogP contribution < -0.4 is 0 Å². The Bertz CT molecular complexity index is 477. The minimum absolute atomic E-state index is 0.0380. The molecular formula is C9H11O5S2-. The summed E-state index contributed by atoms with van der Waals surface area (Å²) in [6, 6.07) is 6.10. The van der Waals surface area contributed by atoms with Crippen LogP contribution in [0, 0.1) is 6.92 Å². The molecule has 7 heteroatoms. The minimum atomic E-state index is -3.77. The smallest absolute Gasteiger partial charge is 0.206 e. The second-order valence-corrected chi connectivity index (χ2v) is 6.05. The molecule has 90 valence electrons. The van der Waals surface area contributed by atoms with Gasteiger partial charge in [0.15, 0.2) is 5.44 Å². The first kappa shape index (κ1) is 13.3. The SMILES string of the molecule is Cc1ccc(S(=O)(=O)C(C)OS(=O)[O-])cc1. The molecule has 0 aromatic heterocycles. The molecule has 0 bridgehead atoms. The predicted molar refractivity (Wildman–Crippen MR) is 57.8 cm³/mol. The third kappa shape index (κ3) is 3.11. The van der Waals surface area contributed by atoms with E-state index >= 15 is 0 Å². The molecule has 0 spiro atoms. The van der Waals surface area contributed by atoms with Gasteiger partial charge in [0.25, 0.3) is 0 Å². The monoisotopic (exact) mass is 263 g/mol. The fourth-order valence-corrected chi connectivity index (χ4v) is 2.81. The Morgan fingerprint density at radius 1 is 1.31 bits per heavy atom. The highest BCUT2D eigenvalue weighted by Gasteiger charge is 2.24. The van der Waals surface area contributed by atoms with Gasteiger partial charge < -0.3 is 4.55 Å². The lowest BCUT2D eigenvalue weighted by Crippen LogP contribution is -2.22. The minimum Gasteiger partial charge on any atom is -0.750 e. The fraction of sp³-hybridized carbons (Fsp3) is 0.333. The molecule has 1 rings (SSSR count). The Balaban J connectivity index is 3.02. The Morgan fingerprint density at radius 3 is 2.25 bits per heavy atom. The molecule has 1 aromatic carbocycles. The van der Waals surface area contributed by atoms with Gasteiger partial charge in [-0.3, -0.25) is 4.18 Å². The van der Waals surface area contributed by atoms with Crippen molar-refractivity contribution in [1.82, 2.24) is 0 Å². The molecule has 1 aromatic rings. The standard InChI is InChI=1S/C9H12O5S2/c1-7-3-5-9(6-4-7)16(12,13)8(2)14-15(10)11/h3-6,8H,1-2H3,(H,10,11)/p-1. The summed E-state index contributed by atoms with van der Waals surface area (Å²) in [6.45, 7) is 2.99. The van der Waals surface area contributed by atoms with Crippen LogP contribution in [-0.4, -0.2) is 22.6 Å². The molecular weight excluding hydrogens is 252 g/mol. The maximum absolute atomic E-state index is 11.8. The normalized spacial score (nSPS) is 15.7. The van der Waals surface area contributed by atoms with Crippen LogP contribution in [0.25, 0.3) is 0 Å². The molecule has 0 N–H and O–H groups in total. The van der Waals surface area contributed by atoms with E-state index < -0.39 is 26.6 Å². The Kier molecular flexibility index (Phi) is 4.20. The molecule has 0 fully saturated rings. The summed E-state index contributed by atoms with van der Waals surface area (Å²) in [7, 11) is -3.77. The lowest BCUT2D eigenvalue weighted by atomic mass is 10.2. The van der Waals surface area contributed by atoms with Crippen LogP contribution >= 0.6 is 0 Å². The molecule has 0 saturated heterocycles. The predicted octanol–water partition coefficient (Wildman–Crippen LogP) is 0.925. The largest absolute Gasteiger partial charge is 0.750 e. The first-order valence-corrected chi connectivity index (χ1v) is 6.95. The zero-order valence-electron chi connectivity index (χ0n) is 8.74. The van der Waals surface area contributed by atoms with Crippen LogP contribution in [0.4, 0.5) is 0 Å². The second-order valence-electron chi connectivity index (χ2n) is 3.23. The number of sulfone groups is 1. The zero-order chi connectivity index (χ0) is 12.3. The molecule has 5 nitrogen and oxygen atoms in total. The number of rotatable bonds is 4. The van der Waals surface area contributed by atoms with Crippen molar-refractivity contribution in [1.29, 1.82) is 0 Å². The van der Waals surface area contributed by atoms with Gasteiger partial charge in [-0.05, 0) is 26.0 Å². The summed E-state index contributed by atoms with van der Waals surface area (Å²) in [5.41, 5.74) is -0.506. The molecule has 0 amide bonds. The van der Waals surface area contributed by atoms with Gasteiger partial charge in [0.05, 0.1) is 16.3 Å². The third-order valence-corrected chi connectivity index (χ3v) is 4.47. The van der Waals surface area contributed by atoms with Crippen molar-refractivity contribution in [2.45, 2.75) is 24.2 Å². The molecule has 2 unspecified atom stereocenters. The molecule has 0 radical (unpaired) electrons. The average Bonchev–Trinajstić information content (AvgIpc) is 2.17. The van der Waals surface area contributed by atoms with Gasteiger partial charge in [-0.2, -0.15) is 0 Å². The van der Waals surface area contributed by atoms with Gasteiger partial charge in [-0.15, -0.1) is 0 Å². The first-order valence-electron chi connectivity index (χ1n) is 4.41. The number of aryl methyl sites for hydroxylation is 1. The molecule has 0 saturated carbocycles. The highest BCUT2D eigenvalue weighted by Crippen LogP contribution is 2.17. The van der Waals surface area contributed by atoms with E-state index in [4.69, 9.17) is 0 Å². The summed E-state index contributed by atoms with van der Waals surface area (Å²) in [4.78, 5) is 0.0380. The maximum Gasteiger partial charge on any atom is 0.206 e. The quantitative estimate of drug-likeness (QED) is 0.754. The number of hydrogen-bond acceptors (Lipinski definition) is 5. The van der Waals surface area contributed by atoms with Gasteiger partial charge in [-0.25, -0.2) is 12.6 Å². The molecule has 0 aliphatic carbocycles. The summed E-state index contributed by atoms with van der Waals surface area (Å²) < 4.78 is 48.3. The Labute approximate surface area is 96.9 Å². The van der Waals surface area contributed by atoms with E-state index in [1.54, 1.807) is 12.1 Å². The second kappa shape index (κ2) is 5.05. The van der Waals surface area contributed by atoms with Gasteiger partial charge in [0.2, 0.25) is 9.84 Å². The molecule has 2 atom stereocenters. The summed E-state index contributed by atoms with van der Waals surface area (Å²) >= 11 is -2.85. The summed E-state index contributed by atoms with van der Waals surface area (Å²) in [5, 5.41) is 0. The van der Waals surface area contributed by atoms with E-state index in [9.17, 15) is 17.2 Å². The van der Waals surface area contributed by atoms with Gasteiger partial charge in [-0.1, -0.05) is 17.7 Å². The van der Waals surface area contributed by atoms with Gasteiger partial charge in [0, 0.05) is 0 Å². The van der Waals surface area contributed by atoms with Crippen molar-refractivity contribution >= 4 is 21.2 Å². The number of hydrogen-bond donors (Lipinski definition) is 0. The van der Waals surface area contributed by atoms with E-state index in [2.05, 4.69) is 4.18 Å². The van der Waals surface area contributed by atoms with Gasteiger partial charge in [0.1, 0.15) is 0 Å². The van der Waals surface area contributed by atoms with Crippen molar-refractivity contribution in [2.24, 2.45) is 0 Å². The van der Waals surface area contributed by atoms with Crippen LogP contribution in [0.3, 0.4) is 0 Å². The van der Waals surface area contributed by atoms with Crippen molar-refractivity contribution < 1.29 is 21.4 Å². The van der Waals surface area contributed by atoms with Crippen LogP contribution in [0.1, 0.15) is 12.5 Å². The van der Waals surface area contributed by atoms with E-state index in [1.807, 2.05) is 6.92 Å². The summed E-state index contributed by atoms with van der Waals surface area (Å²) in [5.74, 6) is 0. The lowest BCUT2D eigenvalue weighted by molar-refractivity contribution is 0.280. The zero-order valence-corrected chi connectivity index (χ0v) is 10.4. The van der Waals surface area contributed by atoms with Crippen molar-refractivity contribution in [3.05, 3.63) is 29.8 Å². The highest BCUT2D eigenvalue weighted by molar-refractivity contribution is 7.92. The van der Waals surface area contributed by atoms with Crippen molar-refractivity contribution in [3.8, 4) is 0 Å². The third-order valence-electron chi connectivity index (χ3n) is 2.00. The van der Waals surface area contributed by atoms with E-state index in [-0.39, 0.29) is 4.90 Å². The fourth-order valence-electron chi connectivity index (χ4n) is 1.08. The van der Waals surface area contributed by atoms with Crippen LogP contribution in [0.15, 0.2) is 29.2 Å². The molecule has 0 heterocycles. The molecule has 0 aliphatic rings. The van der Waals surface area contributed by atoms with E-state index in [0.29, 0.717) is 0 Å². The Morgan fingerprint density at radius 2 is 1.81 bits per heavy atom. The van der Waals surface area contributed by atoms with Crippen LogP contribution in [0.5, 0.6) is 0 Å². The van der Waals surface area contributed by atoms with E-state index in [0.717, 1.165) is 5.56 Å². The van der Waals surface area contributed by atoms with Crippen LogP contribution in [-0.2, 0) is 25.4 Å². The van der Waals surface area contributed by atoms with Crippen LogP contribution in [0.2, 0.25) is 0 Å². The first-order chi connectivity index (χ1) is 7.34.